The summed E-state index contributed by atoms with van der Waals surface area (Å²) in [7, 11) is 0. The van der Waals surface area contributed by atoms with Gasteiger partial charge in [-0.3, -0.25) is 9.69 Å². The van der Waals surface area contributed by atoms with Gasteiger partial charge in [-0.25, -0.2) is 4.68 Å². The molecule has 0 saturated carbocycles. The third-order valence-corrected chi connectivity index (χ3v) is 7.48. The summed E-state index contributed by atoms with van der Waals surface area (Å²) in [5.74, 6) is 0.847. The van der Waals surface area contributed by atoms with Crippen molar-refractivity contribution < 1.29 is 4.74 Å². The van der Waals surface area contributed by atoms with Gasteiger partial charge in [-0.1, -0.05) is 54.8 Å². The average molecular weight is 515 g/mol. The Morgan fingerprint density at radius 3 is 2.82 bits per heavy atom. The van der Waals surface area contributed by atoms with Crippen LogP contribution in [-0.4, -0.2) is 49.3 Å². The molecule has 0 amide bonds. The van der Waals surface area contributed by atoms with E-state index in [1.54, 1.807) is 0 Å². The van der Waals surface area contributed by atoms with E-state index in [-0.39, 0.29) is 17.7 Å². The number of hydrogen-bond acceptors (Lipinski definition) is 6. The number of rotatable bonds is 11. The Kier molecular flexibility index (Phi) is 8.29. The van der Waals surface area contributed by atoms with Crippen LogP contribution < -0.4 is 5.56 Å². The number of tetrazole rings is 1. The molecule has 0 aliphatic carbocycles. The Morgan fingerprint density at radius 2 is 2.03 bits per heavy atom. The van der Waals surface area contributed by atoms with Crippen molar-refractivity contribution in [3.63, 3.8) is 0 Å². The Hall–Kier alpha value is -3.36. The third-order valence-electron chi connectivity index (χ3n) is 7.48. The fourth-order valence-electron chi connectivity index (χ4n) is 5.50. The number of fused-ring (bicyclic) bond motifs is 1. The number of nitrogens with one attached hydrogen (secondary N) is 1. The third kappa shape index (κ3) is 6.19. The fraction of sp³-hybridized carbons (Fsp3) is 0.467. The van der Waals surface area contributed by atoms with Crippen LogP contribution in [-0.2, 0) is 24.2 Å². The lowest BCUT2D eigenvalue weighted by Crippen LogP contribution is -2.35. The molecule has 1 aliphatic heterocycles. The van der Waals surface area contributed by atoms with E-state index in [1.165, 1.54) is 16.7 Å². The van der Waals surface area contributed by atoms with E-state index in [0.29, 0.717) is 13.1 Å². The number of H-pyrrole nitrogens is 1. The standard InChI is InChI=1S/C30H38N6O2/c1-4-7-28(29-32-33-34-36(29)20-26-10-6-15-38-26)35(14-13-23-9-5-8-21(2)16-23)19-25-18-24-17-22(3)11-12-27(24)31-30(25)37/h5,8-9,11-12,16-18,26,28H,4,6-7,10,13-15,19-20H2,1-3H3,(H,31,37)/t26-,28+/m1/s1. The molecule has 3 heterocycles. The predicted octanol–water partition coefficient (Wildman–Crippen LogP) is 4.90. The quantitative estimate of drug-likeness (QED) is 0.306. The second-order valence-electron chi connectivity index (χ2n) is 10.6. The minimum absolute atomic E-state index is 0.0196. The van der Waals surface area contributed by atoms with E-state index in [1.807, 2.05) is 22.9 Å². The summed E-state index contributed by atoms with van der Waals surface area (Å²) < 4.78 is 7.81. The van der Waals surface area contributed by atoms with Crippen molar-refractivity contribution in [3.05, 3.63) is 87.0 Å². The van der Waals surface area contributed by atoms with Crippen molar-refractivity contribution >= 4 is 10.9 Å². The molecular formula is C30H38N6O2. The lowest BCUT2D eigenvalue weighted by molar-refractivity contribution is 0.0891. The normalized spacial score (nSPS) is 16.5. The molecule has 4 aromatic rings. The van der Waals surface area contributed by atoms with Crippen molar-refractivity contribution in [1.82, 2.24) is 30.1 Å². The Labute approximate surface area is 224 Å². The second-order valence-corrected chi connectivity index (χ2v) is 10.6. The van der Waals surface area contributed by atoms with Crippen LogP contribution in [0.4, 0.5) is 0 Å². The molecule has 1 aliphatic rings. The zero-order chi connectivity index (χ0) is 26.5. The summed E-state index contributed by atoms with van der Waals surface area (Å²) in [6, 6.07) is 16.8. The number of benzene rings is 2. The molecule has 0 radical (unpaired) electrons. The van der Waals surface area contributed by atoms with Crippen LogP contribution >= 0.6 is 0 Å². The van der Waals surface area contributed by atoms with Gasteiger partial charge in [0, 0.05) is 30.8 Å². The minimum Gasteiger partial charge on any atom is -0.376 e. The molecule has 8 heteroatoms. The molecule has 1 N–H and O–H groups in total. The van der Waals surface area contributed by atoms with E-state index in [9.17, 15) is 4.79 Å². The smallest absolute Gasteiger partial charge is 0.252 e. The highest BCUT2D eigenvalue weighted by Crippen LogP contribution is 2.27. The average Bonchev–Trinajstić information content (AvgIpc) is 3.58. The van der Waals surface area contributed by atoms with Crippen molar-refractivity contribution in [2.75, 3.05) is 13.2 Å². The van der Waals surface area contributed by atoms with Crippen molar-refractivity contribution in [2.45, 2.75) is 78.1 Å². The molecule has 1 saturated heterocycles. The molecule has 0 spiro atoms. The molecule has 0 unspecified atom stereocenters. The molecule has 1 fully saturated rings. The summed E-state index contributed by atoms with van der Waals surface area (Å²) in [6.45, 7) is 9.14. The Bertz CT molecular complexity index is 1420. The summed E-state index contributed by atoms with van der Waals surface area (Å²) >= 11 is 0. The van der Waals surface area contributed by atoms with Crippen LogP contribution in [0.5, 0.6) is 0 Å². The van der Waals surface area contributed by atoms with Gasteiger partial charge in [0.2, 0.25) is 0 Å². The van der Waals surface area contributed by atoms with Gasteiger partial charge in [0.1, 0.15) is 0 Å². The molecular weight excluding hydrogens is 476 g/mol. The van der Waals surface area contributed by atoms with Crippen LogP contribution in [0.15, 0.2) is 53.3 Å². The number of aryl methyl sites for hydroxylation is 2. The number of pyridine rings is 1. The van der Waals surface area contributed by atoms with Gasteiger partial charge in [0.05, 0.1) is 18.7 Å². The molecule has 8 nitrogen and oxygen atoms in total. The highest BCUT2D eigenvalue weighted by molar-refractivity contribution is 5.79. The number of nitrogens with zero attached hydrogens (tertiary/aromatic N) is 5. The zero-order valence-electron chi connectivity index (χ0n) is 22.7. The van der Waals surface area contributed by atoms with Crippen molar-refractivity contribution in [1.29, 1.82) is 0 Å². The first kappa shape index (κ1) is 26.3. The summed E-state index contributed by atoms with van der Waals surface area (Å²) in [5, 5.41) is 14.0. The van der Waals surface area contributed by atoms with Crippen LogP contribution in [0.25, 0.3) is 10.9 Å². The van der Waals surface area contributed by atoms with Gasteiger partial charge < -0.3 is 9.72 Å². The number of aromatic amines is 1. The molecule has 2 atom stereocenters. The van der Waals surface area contributed by atoms with Crippen molar-refractivity contribution in [3.8, 4) is 0 Å². The minimum atomic E-state index is -0.0453. The summed E-state index contributed by atoms with van der Waals surface area (Å²) in [6.07, 6.45) is 5.00. The fourth-order valence-corrected chi connectivity index (χ4v) is 5.50. The second kappa shape index (κ2) is 12.0. The molecule has 5 rings (SSSR count). The summed E-state index contributed by atoms with van der Waals surface area (Å²) in [4.78, 5) is 18.7. The molecule has 38 heavy (non-hydrogen) atoms. The van der Waals surface area contributed by atoms with E-state index in [4.69, 9.17) is 4.74 Å². The maximum atomic E-state index is 13.2. The van der Waals surface area contributed by atoms with E-state index >= 15 is 0 Å². The maximum absolute atomic E-state index is 13.2. The molecule has 2 aromatic heterocycles. The van der Waals surface area contributed by atoms with Gasteiger partial charge in [0.15, 0.2) is 5.82 Å². The van der Waals surface area contributed by atoms with E-state index in [0.717, 1.165) is 67.5 Å². The first-order valence-corrected chi connectivity index (χ1v) is 13.8. The van der Waals surface area contributed by atoms with Crippen LogP contribution in [0, 0.1) is 13.8 Å². The van der Waals surface area contributed by atoms with Gasteiger partial charge in [-0.05, 0) is 79.1 Å². The number of hydrogen-bond donors (Lipinski definition) is 1. The summed E-state index contributed by atoms with van der Waals surface area (Å²) in [5.41, 5.74) is 5.28. The van der Waals surface area contributed by atoms with Gasteiger partial charge in [-0.2, -0.15) is 0 Å². The SMILES string of the molecule is CCC[C@@H](c1nnnn1C[C@H]1CCCO1)N(CCc1cccc(C)c1)Cc1cc2cc(C)ccc2[nH]c1=O. The first-order valence-electron chi connectivity index (χ1n) is 13.8. The van der Waals surface area contributed by atoms with Crippen LogP contribution in [0.1, 0.15) is 66.7 Å². The molecule has 2 aromatic carbocycles. The van der Waals surface area contributed by atoms with Crippen LogP contribution in [0.2, 0.25) is 0 Å². The first-order chi connectivity index (χ1) is 18.5. The monoisotopic (exact) mass is 514 g/mol. The Balaban J connectivity index is 1.48. The highest BCUT2D eigenvalue weighted by Gasteiger charge is 2.28. The topological polar surface area (TPSA) is 88.9 Å². The lowest BCUT2D eigenvalue weighted by Gasteiger charge is -2.31. The Morgan fingerprint density at radius 1 is 1.16 bits per heavy atom. The number of ether oxygens (including phenoxy) is 1. The van der Waals surface area contributed by atoms with Gasteiger partial charge >= 0.3 is 0 Å². The largest absolute Gasteiger partial charge is 0.376 e. The van der Waals surface area contributed by atoms with Crippen LogP contribution in [0.3, 0.4) is 0 Å². The number of aromatic nitrogens is 5. The predicted molar refractivity (Wildman–Crippen MR) is 149 cm³/mol. The van der Waals surface area contributed by atoms with E-state index in [2.05, 4.69) is 76.5 Å². The molecule has 200 valence electrons. The zero-order valence-corrected chi connectivity index (χ0v) is 22.7. The van der Waals surface area contributed by atoms with E-state index < -0.39 is 0 Å². The van der Waals surface area contributed by atoms with Gasteiger partial charge in [-0.15, -0.1) is 5.10 Å². The maximum Gasteiger partial charge on any atom is 0.252 e. The molecule has 0 bridgehead atoms. The lowest BCUT2D eigenvalue weighted by atomic mass is 10.0. The highest BCUT2D eigenvalue weighted by atomic mass is 16.5. The van der Waals surface area contributed by atoms with Gasteiger partial charge in [0.25, 0.3) is 5.56 Å². The van der Waals surface area contributed by atoms with Crippen molar-refractivity contribution in [2.24, 2.45) is 0 Å².